The van der Waals surface area contributed by atoms with Gasteiger partial charge in [-0.05, 0) is 40.9 Å². The molecule has 1 aromatic heterocycles. The van der Waals surface area contributed by atoms with E-state index in [1.165, 1.54) is 11.3 Å². The van der Waals surface area contributed by atoms with Gasteiger partial charge in [0.1, 0.15) is 11.6 Å². The van der Waals surface area contributed by atoms with Crippen molar-refractivity contribution in [1.29, 1.82) is 0 Å². The molecule has 1 rings (SSSR count). The third-order valence-electron chi connectivity index (χ3n) is 2.91. The van der Waals surface area contributed by atoms with Crippen LogP contribution in [0.25, 0.3) is 0 Å². The van der Waals surface area contributed by atoms with Crippen molar-refractivity contribution in [2.75, 3.05) is 27.2 Å². The molecule has 6 heteroatoms. The van der Waals surface area contributed by atoms with Crippen LogP contribution in [0, 0.1) is 0 Å². The zero-order chi connectivity index (χ0) is 13.6. The molecule has 0 saturated carbocycles. The fourth-order valence-electron chi connectivity index (χ4n) is 1.11. The lowest BCUT2D eigenvalue weighted by Crippen LogP contribution is -2.43. The van der Waals surface area contributed by atoms with Gasteiger partial charge in [0.05, 0.1) is 0 Å². The first-order chi connectivity index (χ1) is 8.45. The van der Waals surface area contributed by atoms with Crippen LogP contribution in [0.1, 0.15) is 32.2 Å². The SMILES string of the molecule is CCCNCc1nnc(OCC(C)(C)N(C)C)s1. The van der Waals surface area contributed by atoms with E-state index in [9.17, 15) is 0 Å². The van der Waals surface area contributed by atoms with Crippen LogP contribution in [0.4, 0.5) is 0 Å². The third kappa shape index (κ3) is 4.88. The topological polar surface area (TPSA) is 50.3 Å². The lowest BCUT2D eigenvalue weighted by Gasteiger charge is -2.31. The van der Waals surface area contributed by atoms with Gasteiger partial charge in [-0.15, -0.1) is 10.2 Å². The first-order valence-electron chi connectivity index (χ1n) is 6.29. The molecule has 1 N–H and O–H groups in total. The fraction of sp³-hybridized carbons (Fsp3) is 0.833. The largest absolute Gasteiger partial charge is 0.467 e. The zero-order valence-electron chi connectivity index (χ0n) is 12.0. The highest BCUT2D eigenvalue weighted by molar-refractivity contribution is 7.13. The van der Waals surface area contributed by atoms with Gasteiger partial charge in [0.15, 0.2) is 0 Å². The van der Waals surface area contributed by atoms with E-state index in [1.54, 1.807) is 0 Å². The van der Waals surface area contributed by atoms with Gasteiger partial charge in [-0.2, -0.15) is 0 Å². The third-order valence-corrected chi connectivity index (χ3v) is 3.75. The number of rotatable bonds is 8. The van der Waals surface area contributed by atoms with E-state index in [1.807, 2.05) is 14.1 Å². The van der Waals surface area contributed by atoms with Crippen LogP contribution in [0.2, 0.25) is 0 Å². The molecule has 0 atom stereocenters. The van der Waals surface area contributed by atoms with E-state index < -0.39 is 0 Å². The highest BCUT2D eigenvalue weighted by Crippen LogP contribution is 2.20. The van der Waals surface area contributed by atoms with Gasteiger partial charge in [-0.25, -0.2) is 0 Å². The maximum atomic E-state index is 5.69. The molecule has 0 radical (unpaired) electrons. The molecule has 18 heavy (non-hydrogen) atoms. The van der Waals surface area contributed by atoms with Crippen LogP contribution in [-0.4, -0.2) is 47.9 Å². The molecular weight excluding hydrogens is 248 g/mol. The summed E-state index contributed by atoms with van der Waals surface area (Å²) in [5.74, 6) is 0. The molecule has 104 valence electrons. The number of likely N-dealkylation sites (N-methyl/N-ethyl adjacent to an activating group) is 1. The summed E-state index contributed by atoms with van der Waals surface area (Å²) < 4.78 is 5.69. The molecule has 0 unspecified atom stereocenters. The second-order valence-electron chi connectivity index (χ2n) is 5.13. The average Bonchev–Trinajstić information content (AvgIpc) is 2.75. The molecule has 0 amide bonds. The molecule has 0 aliphatic carbocycles. The lowest BCUT2D eigenvalue weighted by atomic mass is 10.1. The number of hydrogen-bond acceptors (Lipinski definition) is 6. The van der Waals surface area contributed by atoms with E-state index in [2.05, 4.69) is 41.2 Å². The first kappa shape index (κ1) is 15.3. The highest BCUT2D eigenvalue weighted by atomic mass is 32.1. The molecule has 0 fully saturated rings. The Morgan fingerprint density at radius 1 is 1.33 bits per heavy atom. The summed E-state index contributed by atoms with van der Waals surface area (Å²) in [6.07, 6.45) is 1.12. The van der Waals surface area contributed by atoms with Crippen LogP contribution in [-0.2, 0) is 6.54 Å². The second kappa shape index (κ2) is 7.01. The lowest BCUT2D eigenvalue weighted by molar-refractivity contribution is 0.113. The van der Waals surface area contributed by atoms with Gasteiger partial charge in [0, 0.05) is 12.1 Å². The van der Waals surface area contributed by atoms with Crippen LogP contribution in [0.5, 0.6) is 5.19 Å². The van der Waals surface area contributed by atoms with Crippen molar-refractivity contribution in [2.24, 2.45) is 0 Å². The van der Waals surface area contributed by atoms with Gasteiger partial charge in [-0.1, -0.05) is 18.3 Å². The standard InChI is InChI=1S/C12H24N4OS/c1-6-7-13-8-10-14-15-11(18-10)17-9-12(2,3)16(4)5/h13H,6-9H2,1-5H3. The average molecular weight is 272 g/mol. The van der Waals surface area contributed by atoms with Crippen molar-refractivity contribution in [3.63, 3.8) is 0 Å². The molecule has 0 aromatic carbocycles. The van der Waals surface area contributed by atoms with Crippen LogP contribution in [0.3, 0.4) is 0 Å². The van der Waals surface area contributed by atoms with Crippen molar-refractivity contribution in [3.8, 4) is 5.19 Å². The van der Waals surface area contributed by atoms with Crippen LogP contribution < -0.4 is 10.1 Å². The van der Waals surface area contributed by atoms with Gasteiger partial charge in [0.25, 0.3) is 5.19 Å². The molecule has 0 bridgehead atoms. The Morgan fingerprint density at radius 3 is 2.67 bits per heavy atom. The van der Waals surface area contributed by atoms with Crippen molar-refractivity contribution >= 4 is 11.3 Å². The number of ether oxygens (including phenoxy) is 1. The van der Waals surface area contributed by atoms with E-state index in [0.717, 1.165) is 24.5 Å². The van der Waals surface area contributed by atoms with E-state index in [0.29, 0.717) is 11.8 Å². The molecule has 0 aliphatic rings. The van der Waals surface area contributed by atoms with Gasteiger partial charge >= 0.3 is 0 Å². The Hall–Kier alpha value is -0.720. The maximum Gasteiger partial charge on any atom is 0.294 e. The molecule has 0 spiro atoms. The summed E-state index contributed by atoms with van der Waals surface area (Å²) in [4.78, 5) is 2.14. The monoisotopic (exact) mass is 272 g/mol. The maximum absolute atomic E-state index is 5.69. The van der Waals surface area contributed by atoms with Gasteiger partial charge in [-0.3, -0.25) is 0 Å². The van der Waals surface area contributed by atoms with Crippen molar-refractivity contribution in [3.05, 3.63) is 5.01 Å². The summed E-state index contributed by atoms with van der Waals surface area (Å²) in [7, 11) is 4.09. The molecule has 1 aromatic rings. The Balaban J connectivity index is 2.39. The Morgan fingerprint density at radius 2 is 2.06 bits per heavy atom. The summed E-state index contributed by atoms with van der Waals surface area (Å²) in [6, 6.07) is 0. The summed E-state index contributed by atoms with van der Waals surface area (Å²) in [5, 5.41) is 13.1. The second-order valence-corrected chi connectivity index (χ2v) is 6.16. The van der Waals surface area contributed by atoms with E-state index in [4.69, 9.17) is 4.74 Å². The van der Waals surface area contributed by atoms with Crippen molar-refractivity contribution in [1.82, 2.24) is 20.4 Å². The minimum Gasteiger partial charge on any atom is -0.467 e. The predicted molar refractivity (Wildman–Crippen MR) is 75.2 cm³/mol. The van der Waals surface area contributed by atoms with Crippen LogP contribution >= 0.6 is 11.3 Å². The normalized spacial score (nSPS) is 12.1. The summed E-state index contributed by atoms with van der Waals surface area (Å²) in [6.45, 7) is 8.80. The highest BCUT2D eigenvalue weighted by Gasteiger charge is 2.22. The van der Waals surface area contributed by atoms with Gasteiger partial charge < -0.3 is 15.0 Å². The number of hydrogen-bond donors (Lipinski definition) is 1. The predicted octanol–water partition coefficient (Wildman–Crippen LogP) is 1.76. The van der Waals surface area contributed by atoms with Crippen LogP contribution in [0.15, 0.2) is 0 Å². The van der Waals surface area contributed by atoms with Crippen molar-refractivity contribution < 1.29 is 4.74 Å². The van der Waals surface area contributed by atoms with E-state index >= 15 is 0 Å². The van der Waals surface area contributed by atoms with Crippen molar-refractivity contribution in [2.45, 2.75) is 39.3 Å². The fourth-order valence-corrected chi connectivity index (χ4v) is 1.76. The van der Waals surface area contributed by atoms with E-state index in [-0.39, 0.29) is 5.54 Å². The molecule has 1 heterocycles. The first-order valence-corrected chi connectivity index (χ1v) is 7.10. The molecular formula is C12H24N4OS. The van der Waals surface area contributed by atoms with Gasteiger partial charge in [0.2, 0.25) is 0 Å². The molecule has 0 aliphatic heterocycles. The molecule has 5 nitrogen and oxygen atoms in total. The zero-order valence-corrected chi connectivity index (χ0v) is 12.8. The number of nitrogens with zero attached hydrogens (tertiary/aromatic N) is 3. The Bertz CT molecular complexity index is 352. The molecule has 0 saturated heterocycles. The quantitative estimate of drug-likeness (QED) is 0.731. The summed E-state index contributed by atoms with van der Waals surface area (Å²) in [5.41, 5.74) is -0.00764. The number of nitrogens with one attached hydrogen (secondary N) is 1. The Labute approximate surface area is 114 Å². The number of aromatic nitrogens is 2. The minimum absolute atomic E-state index is 0.00764. The summed E-state index contributed by atoms with van der Waals surface area (Å²) >= 11 is 1.51. The minimum atomic E-state index is -0.00764. The Kier molecular flexibility index (Phi) is 5.98. The smallest absolute Gasteiger partial charge is 0.294 e.